The monoisotopic (exact) mass is 274 g/mol. The molecule has 1 fully saturated rings. The quantitative estimate of drug-likeness (QED) is 0.892. The van der Waals surface area contributed by atoms with Crippen molar-refractivity contribution in [1.82, 2.24) is 15.3 Å². The van der Waals surface area contributed by atoms with Gasteiger partial charge in [-0.2, -0.15) is 13.2 Å². The Balaban J connectivity index is 2.20. The second-order valence-electron chi connectivity index (χ2n) is 4.79. The van der Waals surface area contributed by atoms with Crippen molar-refractivity contribution >= 4 is 5.95 Å². The first-order chi connectivity index (χ1) is 8.90. The van der Waals surface area contributed by atoms with E-state index in [1.807, 2.05) is 0 Å². The molecule has 0 unspecified atom stereocenters. The van der Waals surface area contributed by atoms with Gasteiger partial charge in [0.2, 0.25) is 5.95 Å². The minimum absolute atomic E-state index is 0.0730. The van der Waals surface area contributed by atoms with Crippen LogP contribution in [0.1, 0.15) is 24.1 Å². The molecule has 1 N–H and O–H groups in total. The van der Waals surface area contributed by atoms with Crippen LogP contribution in [0.15, 0.2) is 6.20 Å². The molecule has 1 aliphatic carbocycles. The number of hydrogen-bond acceptors (Lipinski definition) is 4. The van der Waals surface area contributed by atoms with Crippen molar-refractivity contribution in [2.45, 2.75) is 38.5 Å². The fourth-order valence-corrected chi connectivity index (χ4v) is 1.92. The third-order valence-corrected chi connectivity index (χ3v) is 3.03. The van der Waals surface area contributed by atoms with Crippen molar-refractivity contribution in [3.8, 4) is 0 Å². The van der Waals surface area contributed by atoms with Gasteiger partial charge in [0.05, 0.1) is 0 Å². The first-order valence-electron chi connectivity index (χ1n) is 6.21. The van der Waals surface area contributed by atoms with Crippen LogP contribution in [0.4, 0.5) is 19.1 Å². The zero-order valence-electron chi connectivity index (χ0n) is 11.0. The highest BCUT2D eigenvalue weighted by Crippen LogP contribution is 2.32. The summed E-state index contributed by atoms with van der Waals surface area (Å²) in [4.78, 5) is 9.55. The van der Waals surface area contributed by atoms with Gasteiger partial charge in [0.1, 0.15) is 6.54 Å². The van der Waals surface area contributed by atoms with Crippen LogP contribution >= 0.6 is 0 Å². The second kappa shape index (κ2) is 5.32. The number of nitrogens with zero attached hydrogens (tertiary/aromatic N) is 3. The Morgan fingerprint density at radius 2 is 2.11 bits per heavy atom. The third-order valence-electron chi connectivity index (χ3n) is 3.03. The van der Waals surface area contributed by atoms with Crippen LogP contribution in [-0.2, 0) is 6.54 Å². The van der Waals surface area contributed by atoms with Crippen LogP contribution in [0.2, 0.25) is 0 Å². The number of alkyl halides is 3. The van der Waals surface area contributed by atoms with E-state index in [0.717, 1.165) is 18.4 Å². The SMILES string of the molecule is CNCc1cnc(N(CC(F)(F)F)C2CC2)nc1C. The van der Waals surface area contributed by atoms with E-state index < -0.39 is 12.7 Å². The maximum absolute atomic E-state index is 12.6. The first-order valence-corrected chi connectivity index (χ1v) is 6.21. The van der Waals surface area contributed by atoms with E-state index >= 15 is 0 Å². The molecule has 1 aromatic rings. The zero-order chi connectivity index (χ0) is 14.0. The predicted molar refractivity (Wildman–Crippen MR) is 66.0 cm³/mol. The number of hydrogen-bond donors (Lipinski definition) is 1. The molecular formula is C12H17F3N4. The molecule has 106 valence electrons. The Morgan fingerprint density at radius 1 is 1.42 bits per heavy atom. The molecule has 0 saturated heterocycles. The maximum atomic E-state index is 12.6. The topological polar surface area (TPSA) is 41.1 Å². The summed E-state index contributed by atoms with van der Waals surface area (Å²) in [5.74, 6) is 0.178. The molecule has 4 nitrogen and oxygen atoms in total. The Hall–Kier alpha value is -1.37. The molecule has 0 aromatic carbocycles. The van der Waals surface area contributed by atoms with Crippen LogP contribution < -0.4 is 10.2 Å². The Bertz CT molecular complexity index is 443. The second-order valence-corrected chi connectivity index (χ2v) is 4.79. The lowest BCUT2D eigenvalue weighted by Gasteiger charge is -2.24. The number of aryl methyl sites for hydroxylation is 1. The molecule has 19 heavy (non-hydrogen) atoms. The van der Waals surface area contributed by atoms with Crippen LogP contribution in [0, 0.1) is 6.92 Å². The number of anilines is 1. The van der Waals surface area contributed by atoms with Gasteiger partial charge >= 0.3 is 6.18 Å². The minimum Gasteiger partial charge on any atom is -0.329 e. The average molecular weight is 274 g/mol. The lowest BCUT2D eigenvalue weighted by atomic mass is 10.2. The van der Waals surface area contributed by atoms with Gasteiger partial charge in [-0.15, -0.1) is 0 Å². The Morgan fingerprint density at radius 3 is 2.58 bits per heavy atom. The summed E-state index contributed by atoms with van der Waals surface area (Å²) in [6.45, 7) is 1.41. The van der Waals surface area contributed by atoms with Crippen molar-refractivity contribution in [3.05, 3.63) is 17.5 Å². The summed E-state index contributed by atoms with van der Waals surface area (Å²) >= 11 is 0. The van der Waals surface area contributed by atoms with Gasteiger partial charge in [0.25, 0.3) is 0 Å². The van der Waals surface area contributed by atoms with Crippen LogP contribution in [0.5, 0.6) is 0 Å². The molecule has 0 amide bonds. The van der Waals surface area contributed by atoms with Gasteiger partial charge in [-0.25, -0.2) is 9.97 Å². The van der Waals surface area contributed by atoms with Gasteiger partial charge in [0, 0.05) is 30.0 Å². The molecule has 0 bridgehead atoms. The number of aromatic nitrogens is 2. The fourth-order valence-electron chi connectivity index (χ4n) is 1.92. The summed E-state index contributed by atoms with van der Waals surface area (Å²) in [7, 11) is 1.80. The zero-order valence-corrected chi connectivity index (χ0v) is 11.0. The lowest BCUT2D eigenvalue weighted by Crippen LogP contribution is -2.37. The first kappa shape index (κ1) is 14.0. The maximum Gasteiger partial charge on any atom is 0.406 e. The standard InChI is InChI=1S/C12H17F3N4/c1-8-9(5-16-2)6-17-11(18-8)19(10-3-4-10)7-12(13,14)15/h6,10,16H,3-5,7H2,1-2H3. The van der Waals surface area contributed by atoms with Crippen LogP contribution in [-0.4, -0.2) is 35.8 Å². The van der Waals surface area contributed by atoms with Gasteiger partial charge < -0.3 is 10.2 Å². The van der Waals surface area contributed by atoms with Crippen molar-refractivity contribution in [3.63, 3.8) is 0 Å². The largest absolute Gasteiger partial charge is 0.406 e. The van der Waals surface area contributed by atoms with Gasteiger partial charge in [-0.3, -0.25) is 0 Å². The Kier molecular flexibility index (Phi) is 3.93. The highest BCUT2D eigenvalue weighted by molar-refractivity contribution is 5.36. The van der Waals surface area contributed by atoms with E-state index in [1.165, 1.54) is 4.90 Å². The van der Waals surface area contributed by atoms with E-state index in [2.05, 4.69) is 15.3 Å². The smallest absolute Gasteiger partial charge is 0.329 e. The van der Waals surface area contributed by atoms with Crippen molar-refractivity contribution in [2.75, 3.05) is 18.5 Å². The molecule has 0 aliphatic heterocycles. The molecule has 1 aliphatic rings. The number of halogens is 3. The van der Waals surface area contributed by atoms with E-state index in [0.29, 0.717) is 12.2 Å². The molecule has 2 rings (SSSR count). The van der Waals surface area contributed by atoms with Crippen molar-refractivity contribution in [2.24, 2.45) is 0 Å². The summed E-state index contributed by atoms with van der Waals surface area (Å²) in [5, 5.41) is 2.97. The Labute approximate surface area is 110 Å². The van der Waals surface area contributed by atoms with Gasteiger partial charge in [0.15, 0.2) is 0 Å². The number of rotatable bonds is 5. The summed E-state index contributed by atoms with van der Waals surface area (Å²) in [6.07, 6.45) is -1.09. The highest BCUT2D eigenvalue weighted by atomic mass is 19.4. The van der Waals surface area contributed by atoms with Crippen molar-refractivity contribution in [1.29, 1.82) is 0 Å². The molecule has 0 atom stereocenters. The normalized spacial score (nSPS) is 15.6. The van der Waals surface area contributed by atoms with Crippen LogP contribution in [0.25, 0.3) is 0 Å². The summed E-state index contributed by atoms with van der Waals surface area (Å²) in [5.41, 5.74) is 1.61. The molecular weight excluding hydrogens is 257 g/mol. The van der Waals surface area contributed by atoms with Gasteiger partial charge in [-0.05, 0) is 26.8 Å². The summed E-state index contributed by atoms with van der Waals surface area (Å²) < 4.78 is 37.7. The molecule has 1 heterocycles. The van der Waals surface area contributed by atoms with E-state index in [1.54, 1.807) is 20.2 Å². The summed E-state index contributed by atoms with van der Waals surface area (Å²) in [6, 6.07) is -0.0730. The molecule has 1 saturated carbocycles. The molecule has 7 heteroatoms. The van der Waals surface area contributed by atoms with Gasteiger partial charge in [-0.1, -0.05) is 0 Å². The lowest BCUT2D eigenvalue weighted by molar-refractivity contribution is -0.120. The third kappa shape index (κ3) is 3.79. The molecule has 1 aromatic heterocycles. The van der Waals surface area contributed by atoms with E-state index in [9.17, 15) is 13.2 Å². The molecule has 0 spiro atoms. The number of nitrogens with one attached hydrogen (secondary N) is 1. The van der Waals surface area contributed by atoms with E-state index in [-0.39, 0.29) is 12.0 Å². The highest BCUT2D eigenvalue weighted by Gasteiger charge is 2.39. The average Bonchev–Trinajstić information content (AvgIpc) is 3.12. The predicted octanol–water partition coefficient (Wildman–Crippen LogP) is 2.04. The van der Waals surface area contributed by atoms with E-state index in [4.69, 9.17) is 0 Å². The van der Waals surface area contributed by atoms with Crippen LogP contribution in [0.3, 0.4) is 0 Å². The minimum atomic E-state index is -4.23. The fraction of sp³-hybridized carbons (Fsp3) is 0.667. The van der Waals surface area contributed by atoms with Crippen molar-refractivity contribution < 1.29 is 13.2 Å². The molecule has 0 radical (unpaired) electrons.